The molecule has 2 aromatic heterocycles. The van der Waals surface area contributed by atoms with E-state index in [1.807, 2.05) is 182 Å². The number of hydrogen-bond donors (Lipinski definition) is 1. The minimum Gasteiger partial charge on any atom is -0.465 e. The van der Waals surface area contributed by atoms with Crippen molar-refractivity contribution in [2.24, 2.45) is 0 Å². The van der Waals surface area contributed by atoms with E-state index in [0.717, 1.165) is 87.3 Å². The van der Waals surface area contributed by atoms with Crippen molar-refractivity contribution in [3.05, 3.63) is 251 Å². The molecule has 0 fully saturated rings. The zero-order valence-electron chi connectivity index (χ0n) is 34.2. The van der Waals surface area contributed by atoms with E-state index in [2.05, 4.69) is 52.3 Å². The predicted octanol–water partition coefficient (Wildman–Crippen LogP) is 14.8. The Morgan fingerprint density at radius 3 is 1.51 bits per heavy atom. The number of fused-ring (bicyclic) bond motifs is 6. The lowest BCUT2D eigenvalue weighted by atomic mass is 9.77. The highest BCUT2D eigenvalue weighted by molar-refractivity contribution is 9.11. The van der Waals surface area contributed by atoms with Crippen molar-refractivity contribution < 1.29 is 23.5 Å². The number of para-hydroxylation sites is 4. The maximum atomic E-state index is 12.4. The molecule has 2 heterocycles. The quantitative estimate of drug-likeness (QED) is 0.102. The number of ether oxygens (including phenoxy) is 1. The molecular weight excluding hydrogens is 845 g/mol. The Labute approximate surface area is 373 Å². The van der Waals surface area contributed by atoms with Crippen LogP contribution in [0.1, 0.15) is 27.0 Å². The Hall–Kier alpha value is -7.60. The summed E-state index contributed by atoms with van der Waals surface area (Å²) in [6, 6.07) is 63.4. The fourth-order valence-electron chi connectivity index (χ4n) is 8.17. The second-order valence-electron chi connectivity index (χ2n) is 14.8. The van der Waals surface area contributed by atoms with Crippen molar-refractivity contribution in [1.29, 1.82) is 0 Å². The maximum absolute atomic E-state index is 12.4. The SMILES string of the molecule is BrC1=CC=CC=[C+]1.COC(=O)c1ccccc1-c1cccc2c1oc1ccccc12.OC(c1ccccc1)(c1ccccc1)c1ccccc1-c1cccc2c1oc1ccccc12. The van der Waals surface area contributed by atoms with Crippen LogP contribution in [-0.2, 0) is 10.3 Å². The van der Waals surface area contributed by atoms with Crippen molar-refractivity contribution in [2.45, 2.75) is 5.60 Å². The fraction of sp³-hybridized carbons (Fsp3) is 0.0351. The molecule has 1 aliphatic rings. The highest BCUT2D eigenvalue weighted by atomic mass is 79.9. The number of benzene rings is 8. The van der Waals surface area contributed by atoms with Crippen molar-refractivity contribution in [3.8, 4) is 22.3 Å². The summed E-state index contributed by atoms with van der Waals surface area (Å²) in [6.07, 6.45) is 10.7. The van der Waals surface area contributed by atoms with Crippen LogP contribution in [0, 0.1) is 6.08 Å². The summed E-state index contributed by atoms with van der Waals surface area (Å²) >= 11 is 3.26. The van der Waals surface area contributed by atoms with Gasteiger partial charge in [0.25, 0.3) is 0 Å². The first-order chi connectivity index (χ1) is 31.0. The van der Waals surface area contributed by atoms with E-state index in [4.69, 9.17) is 13.6 Å². The number of carbonyl (C=O) groups excluding carboxylic acids is 1. The molecule has 1 N–H and O–H groups in total. The number of esters is 1. The van der Waals surface area contributed by atoms with Crippen LogP contribution in [-0.4, -0.2) is 18.2 Å². The normalized spacial score (nSPS) is 12.0. The molecule has 0 saturated carbocycles. The minimum atomic E-state index is -1.33. The van der Waals surface area contributed by atoms with Crippen LogP contribution in [0.3, 0.4) is 0 Å². The van der Waals surface area contributed by atoms with Crippen LogP contribution in [0.15, 0.2) is 232 Å². The lowest BCUT2D eigenvalue weighted by molar-refractivity contribution is 0.0601. The van der Waals surface area contributed by atoms with E-state index >= 15 is 0 Å². The molecule has 1 aliphatic carbocycles. The molecule has 0 saturated heterocycles. The Morgan fingerprint density at radius 1 is 0.524 bits per heavy atom. The number of carbonyl (C=O) groups is 1. The molecule has 0 spiro atoms. The highest BCUT2D eigenvalue weighted by Crippen LogP contribution is 2.44. The molecule has 304 valence electrons. The minimum absolute atomic E-state index is 0.353. The van der Waals surface area contributed by atoms with Gasteiger partial charge in [0.1, 0.15) is 34.0 Å². The zero-order chi connectivity index (χ0) is 43.2. The third-order valence-corrected chi connectivity index (χ3v) is 11.6. The monoisotopic (exact) mass is 883 g/mol. The first kappa shape index (κ1) is 40.8. The van der Waals surface area contributed by atoms with Gasteiger partial charge in [0, 0.05) is 44.3 Å². The summed E-state index contributed by atoms with van der Waals surface area (Å²) < 4.78 is 18.3. The molecule has 0 bridgehead atoms. The first-order valence-corrected chi connectivity index (χ1v) is 21.3. The molecule has 6 heteroatoms. The van der Waals surface area contributed by atoms with E-state index in [-0.39, 0.29) is 5.97 Å². The van der Waals surface area contributed by atoms with E-state index in [9.17, 15) is 9.90 Å². The molecule has 10 aromatic rings. The van der Waals surface area contributed by atoms with Gasteiger partial charge in [-0.2, -0.15) is 0 Å². The number of methoxy groups -OCH3 is 1. The smallest absolute Gasteiger partial charge is 0.338 e. The lowest BCUT2D eigenvalue weighted by Crippen LogP contribution is -2.29. The second kappa shape index (κ2) is 18.2. The van der Waals surface area contributed by atoms with Gasteiger partial charge in [0.05, 0.1) is 30.9 Å². The standard InChI is InChI=1S/C31H22O2.C20H14O3.C6H4Br/c32-31(22-12-3-1-4-13-22,23-14-5-2-6-15-23)28-20-9-7-16-24(28)26-18-11-19-27-25-17-8-10-21-29(25)33-30(26)27;1-22-20(21)17-9-3-2-7-13(17)15-10-6-11-16-14-8-4-5-12-18(14)23-19(15)16;7-6-4-2-1-3-5-6/h1-21,32H;2-12H,1H3;1-4H/q;;+1. The topological polar surface area (TPSA) is 72.8 Å². The Bertz CT molecular complexity index is 3280. The van der Waals surface area contributed by atoms with Gasteiger partial charge in [0.2, 0.25) is 0 Å². The third kappa shape index (κ3) is 8.03. The van der Waals surface area contributed by atoms with Crippen LogP contribution in [0.4, 0.5) is 0 Å². The average Bonchev–Trinajstić information content (AvgIpc) is 3.94. The van der Waals surface area contributed by atoms with Crippen LogP contribution in [0.25, 0.3) is 66.1 Å². The van der Waals surface area contributed by atoms with Crippen molar-refractivity contribution in [1.82, 2.24) is 0 Å². The molecule has 0 unspecified atom stereocenters. The Balaban J connectivity index is 0.000000145. The first-order valence-electron chi connectivity index (χ1n) is 20.5. The van der Waals surface area contributed by atoms with Gasteiger partial charge in [0.15, 0.2) is 4.48 Å². The average molecular weight is 885 g/mol. The summed E-state index contributed by atoms with van der Waals surface area (Å²) in [5.74, 6) is -0.353. The van der Waals surface area contributed by atoms with Gasteiger partial charge in [-0.3, -0.25) is 0 Å². The van der Waals surface area contributed by atoms with Crippen LogP contribution in [0.2, 0.25) is 0 Å². The number of hydrogen-bond acceptors (Lipinski definition) is 5. The molecule has 63 heavy (non-hydrogen) atoms. The maximum Gasteiger partial charge on any atom is 0.338 e. The molecular formula is C57H40BrO5+. The van der Waals surface area contributed by atoms with Crippen LogP contribution >= 0.6 is 15.9 Å². The Kier molecular flexibility index (Phi) is 11.8. The lowest BCUT2D eigenvalue weighted by Gasteiger charge is -2.32. The van der Waals surface area contributed by atoms with Crippen LogP contribution in [0.5, 0.6) is 0 Å². The number of allylic oxidation sites excluding steroid dienone is 6. The summed E-state index contributed by atoms with van der Waals surface area (Å²) in [7, 11) is 1.39. The van der Waals surface area contributed by atoms with Gasteiger partial charge in [-0.15, -0.1) is 0 Å². The second-order valence-corrected chi connectivity index (χ2v) is 15.7. The largest absolute Gasteiger partial charge is 0.465 e. The number of furan rings is 2. The summed E-state index contributed by atoms with van der Waals surface area (Å²) in [5, 5.41) is 16.7. The number of rotatable bonds is 6. The van der Waals surface area contributed by atoms with Crippen molar-refractivity contribution >= 4 is 65.8 Å². The van der Waals surface area contributed by atoms with Gasteiger partial charge in [-0.1, -0.05) is 176 Å². The molecule has 8 aromatic carbocycles. The van der Waals surface area contributed by atoms with Crippen molar-refractivity contribution in [3.63, 3.8) is 0 Å². The molecule has 0 atom stereocenters. The molecule has 0 radical (unpaired) electrons. The molecule has 0 aliphatic heterocycles. The van der Waals surface area contributed by atoms with E-state index in [0.29, 0.717) is 5.56 Å². The van der Waals surface area contributed by atoms with Gasteiger partial charge < -0.3 is 18.7 Å². The summed E-state index contributed by atoms with van der Waals surface area (Å²) in [6.45, 7) is 0. The third-order valence-electron chi connectivity index (χ3n) is 11.1. The Morgan fingerprint density at radius 2 is 0.984 bits per heavy atom. The summed E-state index contributed by atoms with van der Waals surface area (Å²) in [4.78, 5) is 12.1. The van der Waals surface area contributed by atoms with Gasteiger partial charge in [-0.05, 0) is 56.4 Å². The molecule has 5 nitrogen and oxygen atoms in total. The highest BCUT2D eigenvalue weighted by Gasteiger charge is 2.36. The van der Waals surface area contributed by atoms with Crippen molar-refractivity contribution in [2.75, 3.05) is 7.11 Å². The number of aliphatic hydroxyl groups is 1. The zero-order valence-corrected chi connectivity index (χ0v) is 35.8. The van der Waals surface area contributed by atoms with E-state index < -0.39 is 5.60 Å². The van der Waals surface area contributed by atoms with E-state index in [1.165, 1.54) is 7.11 Å². The van der Waals surface area contributed by atoms with E-state index in [1.54, 1.807) is 6.07 Å². The number of halogens is 1. The van der Waals surface area contributed by atoms with Gasteiger partial charge >= 0.3 is 5.97 Å². The predicted molar refractivity (Wildman–Crippen MR) is 259 cm³/mol. The van der Waals surface area contributed by atoms with Gasteiger partial charge in [-0.25, -0.2) is 4.79 Å². The molecule has 0 amide bonds. The molecule has 11 rings (SSSR count). The fourth-order valence-corrected chi connectivity index (χ4v) is 8.45. The summed E-state index contributed by atoms with van der Waals surface area (Å²) in [5.41, 5.74) is 8.57. The van der Waals surface area contributed by atoms with Crippen LogP contribution < -0.4 is 0 Å².